The van der Waals surface area contributed by atoms with Crippen LogP contribution in [0.2, 0.25) is 10.0 Å². The average Bonchev–Trinajstić information content (AvgIpc) is 2.78. The highest BCUT2D eigenvalue weighted by Gasteiger charge is 2.17. The number of nitrogens with zero attached hydrogens (tertiary/aromatic N) is 2. The first-order chi connectivity index (χ1) is 8.63. The fourth-order valence-electron chi connectivity index (χ4n) is 1.69. The van der Waals surface area contributed by atoms with Crippen molar-refractivity contribution in [3.63, 3.8) is 0 Å². The zero-order chi connectivity index (χ0) is 13.1. The molecule has 0 fully saturated rings. The molecule has 18 heavy (non-hydrogen) atoms. The number of ketones is 1. The van der Waals surface area contributed by atoms with E-state index in [0.29, 0.717) is 21.2 Å². The molecule has 0 saturated carbocycles. The van der Waals surface area contributed by atoms with Crippen molar-refractivity contribution in [2.75, 3.05) is 0 Å². The van der Waals surface area contributed by atoms with Crippen LogP contribution in [-0.4, -0.2) is 15.6 Å². The molecular weight excluding hydrogens is 271 g/mol. The van der Waals surface area contributed by atoms with E-state index in [9.17, 15) is 4.79 Å². The number of rotatable bonds is 4. The number of aromatic nitrogens is 2. The van der Waals surface area contributed by atoms with Gasteiger partial charge in [0.05, 0.1) is 27.4 Å². The molecule has 3 nitrogen and oxygen atoms in total. The number of carbonyl (C=O) groups is 1. The number of halogens is 2. The third-order valence-corrected chi connectivity index (χ3v) is 3.17. The Hall–Kier alpha value is -1.32. The van der Waals surface area contributed by atoms with E-state index in [2.05, 4.69) is 5.10 Å². The summed E-state index contributed by atoms with van der Waals surface area (Å²) in [6.45, 7) is 2.83. The Morgan fingerprint density at radius 1 is 1.33 bits per heavy atom. The van der Waals surface area contributed by atoms with Gasteiger partial charge in [-0.1, -0.05) is 36.2 Å². The lowest BCUT2D eigenvalue weighted by molar-refractivity contribution is 0.103. The molecule has 0 amide bonds. The summed E-state index contributed by atoms with van der Waals surface area (Å²) >= 11 is 12.0. The van der Waals surface area contributed by atoms with Crippen molar-refractivity contribution in [3.8, 4) is 0 Å². The smallest absolute Gasteiger partial charge is 0.199 e. The van der Waals surface area contributed by atoms with E-state index in [-0.39, 0.29) is 5.78 Å². The molecule has 2 aromatic rings. The maximum Gasteiger partial charge on any atom is 0.199 e. The summed E-state index contributed by atoms with van der Waals surface area (Å²) in [5.74, 6) is -0.201. The van der Waals surface area contributed by atoms with Gasteiger partial charge in [-0.3, -0.25) is 9.48 Å². The Morgan fingerprint density at radius 2 is 2.00 bits per heavy atom. The van der Waals surface area contributed by atoms with Crippen molar-refractivity contribution in [2.24, 2.45) is 0 Å². The SMILES string of the molecule is CCCn1cc(C(=O)c2c(Cl)cccc2Cl)cn1. The van der Waals surface area contributed by atoms with Gasteiger partial charge in [-0.25, -0.2) is 0 Å². The Kier molecular flexibility index (Phi) is 4.04. The maximum absolute atomic E-state index is 12.3. The van der Waals surface area contributed by atoms with Crippen LogP contribution in [-0.2, 0) is 6.54 Å². The highest BCUT2D eigenvalue weighted by atomic mass is 35.5. The molecule has 94 valence electrons. The van der Waals surface area contributed by atoms with Crippen molar-refractivity contribution >= 4 is 29.0 Å². The Balaban J connectivity index is 2.35. The predicted octanol–water partition coefficient (Wildman–Crippen LogP) is 3.83. The topological polar surface area (TPSA) is 34.9 Å². The van der Waals surface area contributed by atoms with Gasteiger partial charge in [0.15, 0.2) is 5.78 Å². The Morgan fingerprint density at radius 3 is 2.61 bits per heavy atom. The molecule has 0 aliphatic carbocycles. The standard InChI is InChI=1S/C13H12Cl2N2O/c1-2-6-17-8-9(7-16-17)13(18)12-10(14)4-3-5-11(12)15/h3-5,7-8H,2,6H2,1H3. The first kappa shape index (κ1) is 13.1. The van der Waals surface area contributed by atoms with E-state index in [0.717, 1.165) is 13.0 Å². The summed E-state index contributed by atoms with van der Waals surface area (Å²) in [6.07, 6.45) is 4.21. The molecule has 1 aromatic heterocycles. The summed E-state index contributed by atoms with van der Waals surface area (Å²) in [4.78, 5) is 12.3. The van der Waals surface area contributed by atoms with Crippen LogP contribution in [0.5, 0.6) is 0 Å². The monoisotopic (exact) mass is 282 g/mol. The lowest BCUT2D eigenvalue weighted by Gasteiger charge is -2.03. The van der Waals surface area contributed by atoms with Gasteiger partial charge in [-0.05, 0) is 18.6 Å². The molecule has 1 heterocycles. The molecule has 0 atom stereocenters. The fourth-order valence-corrected chi connectivity index (χ4v) is 2.26. The molecule has 0 spiro atoms. The lowest BCUT2D eigenvalue weighted by atomic mass is 10.1. The third-order valence-electron chi connectivity index (χ3n) is 2.54. The Labute approximate surface area is 115 Å². The van der Waals surface area contributed by atoms with E-state index in [4.69, 9.17) is 23.2 Å². The quantitative estimate of drug-likeness (QED) is 0.799. The molecule has 0 bridgehead atoms. The molecule has 0 radical (unpaired) electrons. The molecule has 0 unspecified atom stereocenters. The molecule has 0 saturated heterocycles. The van der Waals surface area contributed by atoms with Gasteiger partial charge in [0.1, 0.15) is 0 Å². The number of aryl methyl sites for hydroxylation is 1. The van der Waals surface area contributed by atoms with E-state index in [1.807, 2.05) is 6.92 Å². The summed E-state index contributed by atoms with van der Waals surface area (Å²) in [5, 5.41) is 4.84. The van der Waals surface area contributed by atoms with E-state index >= 15 is 0 Å². The highest BCUT2D eigenvalue weighted by Crippen LogP contribution is 2.26. The minimum atomic E-state index is -0.201. The summed E-state index contributed by atoms with van der Waals surface area (Å²) in [6, 6.07) is 5.01. The van der Waals surface area contributed by atoms with E-state index < -0.39 is 0 Å². The summed E-state index contributed by atoms with van der Waals surface area (Å²) < 4.78 is 1.73. The van der Waals surface area contributed by atoms with Crippen molar-refractivity contribution in [3.05, 3.63) is 51.8 Å². The number of hydrogen-bond donors (Lipinski definition) is 0. The number of benzene rings is 1. The molecule has 5 heteroatoms. The van der Waals surface area contributed by atoms with Gasteiger partial charge >= 0.3 is 0 Å². The maximum atomic E-state index is 12.3. The zero-order valence-electron chi connectivity index (χ0n) is 9.86. The van der Waals surface area contributed by atoms with Crippen molar-refractivity contribution in [1.29, 1.82) is 0 Å². The molecular formula is C13H12Cl2N2O. The third kappa shape index (κ3) is 2.57. The van der Waals surface area contributed by atoms with E-state index in [1.165, 1.54) is 6.20 Å². The van der Waals surface area contributed by atoms with Gasteiger partial charge in [0.25, 0.3) is 0 Å². The Bertz CT molecular complexity index is 558. The number of hydrogen-bond acceptors (Lipinski definition) is 2. The molecule has 1 aromatic carbocycles. The average molecular weight is 283 g/mol. The second kappa shape index (κ2) is 5.55. The van der Waals surface area contributed by atoms with Crippen LogP contribution in [0.15, 0.2) is 30.6 Å². The molecule has 0 aliphatic rings. The second-order valence-electron chi connectivity index (χ2n) is 3.92. The van der Waals surface area contributed by atoms with Crippen molar-refractivity contribution in [1.82, 2.24) is 9.78 Å². The highest BCUT2D eigenvalue weighted by molar-refractivity contribution is 6.40. The largest absolute Gasteiger partial charge is 0.288 e. The normalized spacial score (nSPS) is 10.6. The summed E-state index contributed by atoms with van der Waals surface area (Å²) in [7, 11) is 0. The van der Waals surface area contributed by atoms with Gasteiger partial charge in [-0.2, -0.15) is 5.10 Å². The van der Waals surface area contributed by atoms with Gasteiger partial charge in [0.2, 0.25) is 0 Å². The van der Waals surface area contributed by atoms with Crippen LogP contribution in [0.1, 0.15) is 29.3 Å². The van der Waals surface area contributed by atoms with Crippen LogP contribution in [0.3, 0.4) is 0 Å². The van der Waals surface area contributed by atoms with Crippen LogP contribution >= 0.6 is 23.2 Å². The molecule has 0 N–H and O–H groups in total. The predicted molar refractivity (Wildman–Crippen MR) is 72.4 cm³/mol. The second-order valence-corrected chi connectivity index (χ2v) is 4.73. The van der Waals surface area contributed by atoms with Crippen molar-refractivity contribution in [2.45, 2.75) is 19.9 Å². The van der Waals surface area contributed by atoms with Crippen molar-refractivity contribution < 1.29 is 4.79 Å². The number of carbonyl (C=O) groups excluding carboxylic acids is 1. The fraction of sp³-hybridized carbons (Fsp3) is 0.231. The minimum absolute atomic E-state index is 0.201. The van der Waals surface area contributed by atoms with Gasteiger partial charge < -0.3 is 0 Å². The molecule has 0 aliphatic heterocycles. The first-order valence-corrected chi connectivity index (χ1v) is 6.40. The van der Waals surface area contributed by atoms with Crippen LogP contribution in [0.4, 0.5) is 0 Å². The lowest BCUT2D eigenvalue weighted by Crippen LogP contribution is -2.02. The van der Waals surface area contributed by atoms with E-state index in [1.54, 1.807) is 29.1 Å². The molecule has 2 rings (SSSR count). The van der Waals surface area contributed by atoms with Crippen LogP contribution < -0.4 is 0 Å². The van der Waals surface area contributed by atoms with Gasteiger partial charge in [0, 0.05) is 12.7 Å². The minimum Gasteiger partial charge on any atom is -0.288 e. The first-order valence-electron chi connectivity index (χ1n) is 5.64. The van der Waals surface area contributed by atoms with Gasteiger partial charge in [-0.15, -0.1) is 0 Å². The van der Waals surface area contributed by atoms with Crippen LogP contribution in [0.25, 0.3) is 0 Å². The summed E-state index contributed by atoms with van der Waals surface area (Å²) in [5.41, 5.74) is 0.829. The zero-order valence-corrected chi connectivity index (χ0v) is 11.4. The van der Waals surface area contributed by atoms with Crippen LogP contribution in [0, 0.1) is 0 Å².